The first-order chi connectivity index (χ1) is 15.9. The number of rotatable bonds is 4. The first-order valence-electron chi connectivity index (χ1n) is 10.6. The number of amides is 1. The molecule has 4 aromatic rings. The number of halogens is 1. The Hall–Kier alpha value is -4.13. The van der Waals surface area contributed by atoms with Gasteiger partial charge >= 0.3 is 0 Å². The Morgan fingerprint density at radius 2 is 1.94 bits per heavy atom. The van der Waals surface area contributed by atoms with E-state index in [2.05, 4.69) is 15.4 Å². The number of benzene rings is 2. The molecule has 3 heterocycles. The Labute approximate surface area is 190 Å². The largest absolute Gasteiger partial charge is 0.496 e. The minimum absolute atomic E-state index is 0.197. The number of ether oxygens (including phenoxy) is 1. The Bertz CT molecular complexity index is 1440. The number of aromatic nitrogens is 3. The van der Waals surface area contributed by atoms with Crippen LogP contribution in [0, 0.1) is 19.7 Å². The van der Waals surface area contributed by atoms with E-state index in [1.54, 1.807) is 28.9 Å². The third kappa shape index (κ3) is 3.42. The number of carbonyl (C=O) groups excluding carboxylic acids is 1. The van der Waals surface area contributed by atoms with Crippen molar-refractivity contribution in [2.45, 2.75) is 13.8 Å². The van der Waals surface area contributed by atoms with Crippen molar-refractivity contribution in [3.63, 3.8) is 0 Å². The van der Waals surface area contributed by atoms with Crippen LogP contribution >= 0.6 is 0 Å². The monoisotopic (exact) mass is 442 g/mol. The van der Waals surface area contributed by atoms with Gasteiger partial charge < -0.3 is 15.0 Å². The number of hydrogen-bond acceptors (Lipinski definition) is 3. The molecule has 7 heteroatoms. The molecule has 33 heavy (non-hydrogen) atoms. The molecule has 0 radical (unpaired) electrons. The van der Waals surface area contributed by atoms with Gasteiger partial charge in [-0.3, -0.25) is 9.48 Å². The van der Waals surface area contributed by atoms with Crippen LogP contribution in [0.4, 0.5) is 10.1 Å². The van der Waals surface area contributed by atoms with E-state index in [9.17, 15) is 9.18 Å². The van der Waals surface area contributed by atoms with Crippen LogP contribution < -0.4 is 10.1 Å². The van der Waals surface area contributed by atoms with E-state index >= 15 is 0 Å². The van der Waals surface area contributed by atoms with Crippen LogP contribution in [0.25, 0.3) is 33.9 Å². The number of methoxy groups -OCH3 is 1. The summed E-state index contributed by atoms with van der Waals surface area (Å²) in [6, 6.07) is 10.1. The van der Waals surface area contributed by atoms with Crippen LogP contribution in [0.3, 0.4) is 0 Å². The van der Waals surface area contributed by atoms with E-state index in [1.807, 2.05) is 45.4 Å². The van der Waals surface area contributed by atoms with Crippen LogP contribution in [-0.4, -0.2) is 27.8 Å². The van der Waals surface area contributed by atoms with Gasteiger partial charge in [-0.15, -0.1) is 0 Å². The molecule has 1 aliphatic rings. The maximum absolute atomic E-state index is 14.7. The number of hydrogen-bond donors (Lipinski definition) is 2. The van der Waals surface area contributed by atoms with Gasteiger partial charge in [0.15, 0.2) is 0 Å². The Kier molecular flexibility index (Phi) is 4.89. The molecule has 0 atom stereocenters. The van der Waals surface area contributed by atoms with Crippen LogP contribution in [-0.2, 0) is 11.8 Å². The van der Waals surface area contributed by atoms with Gasteiger partial charge in [-0.25, -0.2) is 4.39 Å². The number of nitrogens with one attached hydrogen (secondary N) is 2. The fraction of sp³-hybridized carbons (Fsp3) is 0.154. The van der Waals surface area contributed by atoms with E-state index in [0.717, 1.165) is 33.6 Å². The van der Waals surface area contributed by atoms with Crippen LogP contribution in [0.5, 0.6) is 5.75 Å². The van der Waals surface area contributed by atoms with E-state index < -0.39 is 0 Å². The first-order valence-corrected chi connectivity index (χ1v) is 10.6. The van der Waals surface area contributed by atoms with Gasteiger partial charge in [0.2, 0.25) is 0 Å². The number of H-pyrrole nitrogens is 1. The third-order valence-electron chi connectivity index (χ3n) is 6.04. The van der Waals surface area contributed by atoms with E-state index in [1.165, 1.54) is 13.2 Å². The molecule has 2 aromatic heterocycles. The van der Waals surface area contributed by atoms with Crippen LogP contribution in [0.2, 0.25) is 0 Å². The zero-order chi connectivity index (χ0) is 23.3. The molecule has 0 saturated heterocycles. The average Bonchev–Trinajstić information content (AvgIpc) is 3.43. The Morgan fingerprint density at radius 1 is 1.12 bits per heavy atom. The topological polar surface area (TPSA) is 71.9 Å². The number of aromatic amines is 1. The number of carbonyl (C=O) groups is 1. The van der Waals surface area contributed by atoms with Crippen LogP contribution in [0.1, 0.15) is 22.5 Å². The summed E-state index contributed by atoms with van der Waals surface area (Å²) in [5.41, 5.74) is 7.89. The number of fused-ring (bicyclic) bond motifs is 1. The maximum atomic E-state index is 14.7. The molecule has 0 spiro atoms. The zero-order valence-electron chi connectivity index (χ0n) is 18.8. The highest BCUT2D eigenvalue weighted by molar-refractivity contribution is 6.35. The van der Waals surface area contributed by atoms with Crippen molar-refractivity contribution in [2.75, 3.05) is 12.4 Å². The summed E-state index contributed by atoms with van der Waals surface area (Å²) in [4.78, 5) is 16.2. The van der Waals surface area contributed by atoms with Crippen molar-refractivity contribution < 1.29 is 13.9 Å². The molecule has 1 amide bonds. The number of aryl methyl sites for hydroxylation is 2. The van der Waals surface area contributed by atoms with Crippen LogP contribution in [0.15, 0.2) is 48.8 Å². The summed E-state index contributed by atoms with van der Waals surface area (Å²) in [6.07, 6.45) is 5.64. The highest BCUT2D eigenvalue weighted by Crippen LogP contribution is 2.40. The molecular formula is C26H23FN4O2. The molecule has 6 nitrogen and oxygen atoms in total. The van der Waals surface area contributed by atoms with Crippen molar-refractivity contribution in [3.8, 4) is 28.0 Å². The number of nitrogens with zero attached hydrogens (tertiary/aromatic N) is 2. The fourth-order valence-corrected chi connectivity index (χ4v) is 4.49. The summed E-state index contributed by atoms with van der Waals surface area (Å²) >= 11 is 0. The fourth-order valence-electron chi connectivity index (χ4n) is 4.49. The average molecular weight is 442 g/mol. The summed E-state index contributed by atoms with van der Waals surface area (Å²) < 4.78 is 21.8. The lowest BCUT2D eigenvalue weighted by Gasteiger charge is -2.11. The van der Waals surface area contributed by atoms with Gasteiger partial charge in [-0.1, -0.05) is 12.1 Å². The van der Waals surface area contributed by atoms with Gasteiger partial charge in [0.1, 0.15) is 11.6 Å². The van der Waals surface area contributed by atoms with Gasteiger partial charge in [0.05, 0.1) is 24.4 Å². The highest BCUT2D eigenvalue weighted by atomic mass is 19.1. The highest BCUT2D eigenvalue weighted by Gasteiger charge is 2.26. The lowest BCUT2D eigenvalue weighted by Crippen LogP contribution is -2.03. The Balaban J connectivity index is 1.62. The zero-order valence-corrected chi connectivity index (χ0v) is 18.8. The van der Waals surface area contributed by atoms with Crippen molar-refractivity contribution in [3.05, 3.63) is 77.1 Å². The first kappa shape index (κ1) is 20.8. The van der Waals surface area contributed by atoms with E-state index in [-0.39, 0.29) is 11.7 Å². The van der Waals surface area contributed by atoms with E-state index in [0.29, 0.717) is 28.1 Å². The van der Waals surface area contributed by atoms with Gasteiger partial charge in [-0.2, -0.15) is 5.10 Å². The summed E-state index contributed by atoms with van der Waals surface area (Å²) in [6.45, 7) is 4.02. The minimum Gasteiger partial charge on any atom is -0.496 e. The van der Waals surface area contributed by atoms with Gasteiger partial charge in [0.25, 0.3) is 5.91 Å². The van der Waals surface area contributed by atoms with E-state index in [4.69, 9.17) is 4.74 Å². The standard InChI is InChI=1S/C26H23FN4O2/c1-14-22(29-15(2)24(14)17-12-28-31(3)13-17)11-19-18-10-16(8-9-21(18)30-26(19)32)25-20(27)6-5-7-23(25)33-4/h5-13,29H,1-4H3,(H,30,32). The molecule has 2 aromatic carbocycles. The smallest absolute Gasteiger partial charge is 0.256 e. The van der Waals surface area contributed by atoms with Gasteiger partial charge in [-0.05, 0) is 55.3 Å². The lowest BCUT2D eigenvalue weighted by molar-refractivity contribution is -0.110. The molecule has 0 bridgehead atoms. The molecule has 0 saturated carbocycles. The molecule has 5 rings (SSSR count). The molecule has 0 fully saturated rings. The molecule has 166 valence electrons. The summed E-state index contributed by atoms with van der Waals surface area (Å²) in [5.74, 6) is -0.138. The second-order valence-electron chi connectivity index (χ2n) is 8.16. The lowest BCUT2D eigenvalue weighted by atomic mass is 9.97. The SMILES string of the molecule is COc1cccc(F)c1-c1ccc2c(c1)C(=Cc1[nH]c(C)c(-c3cnn(C)c3)c1C)C(=O)N2. The van der Waals surface area contributed by atoms with Crippen molar-refractivity contribution in [1.82, 2.24) is 14.8 Å². The normalized spacial score (nSPS) is 14.0. The van der Waals surface area contributed by atoms with Crippen molar-refractivity contribution >= 4 is 23.2 Å². The molecule has 2 N–H and O–H groups in total. The number of anilines is 1. The summed E-state index contributed by atoms with van der Waals surface area (Å²) in [5, 5.41) is 7.18. The van der Waals surface area contributed by atoms with Crippen molar-refractivity contribution in [1.29, 1.82) is 0 Å². The maximum Gasteiger partial charge on any atom is 0.256 e. The second-order valence-corrected chi connectivity index (χ2v) is 8.16. The third-order valence-corrected chi connectivity index (χ3v) is 6.04. The van der Waals surface area contributed by atoms with Gasteiger partial charge in [0, 0.05) is 47.0 Å². The van der Waals surface area contributed by atoms with Crippen molar-refractivity contribution in [2.24, 2.45) is 7.05 Å². The molecule has 0 unspecified atom stereocenters. The molecular weight excluding hydrogens is 419 g/mol. The second kappa shape index (κ2) is 7.78. The minimum atomic E-state index is -0.380. The molecule has 0 aliphatic carbocycles. The quantitative estimate of drug-likeness (QED) is 0.419. The molecule has 1 aliphatic heterocycles. The Morgan fingerprint density at radius 3 is 2.67 bits per heavy atom. The predicted molar refractivity (Wildman–Crippen MR) is 127 cm³/mol. The summed E-state index contributed by atoms with van der Waals surface area (Å²) in [7, 11) is 3.39. The predicted octanol–water partition coefficient (Wildman–Crippen LogP) is 5.34.